The van der Waals surface area contributed by atoms with Gasteiger partial charge >= 0.3 is 6.36 Å². The summed E-state index contributed by atoms with van der Waals surface area (Å²) in [6.45, 7) is 3.73. The number of hydrogen-bond donors (Lipinski definition) is 1. The van der Waals surface area contributed by atoms with E-state index in [1.807, 2.05) is 32.0 Å². The van der Waals surface area contributed by atoms with Gasteiger partial charge in [0, 0.05) is 0 Å². The van der Waals surface area contributed by atoms with Gasteiger partial charge in [-0.1, -0.05) is 35.9 Å². The highest BCUT2D eigenvalue weighted by atomic mass is 19.4. The predicted molar refractivity (Wildman–Crippen MR) is 73.1 cm³/mol. The van der Waals surface area contributed by atoms with Crippen molar-refractivity contribution in [3.05, 3.63) is 64.7 Å². The van der Waals surface area contributed by atoms with Crippen molar-refractivity contribution < 1.29 is 23.0 Å². The monoisotopic (exact) mass is 296 g/mol. The Labute approximate surface area is 120 Å². The Morgan fingerprint density at radius 1 is 1.05 bits per heavy atom. The fourth-order valence-electron chi connectivity index (χ4n) is 2.12. The van der Waals surface area contributed by atoms with E-state index in [4.69, 9.17) is 0 Å². The van der Waals surface area contributed by atoms with Gasteiger partial charge < -0.3 is 9.84 Å². The normalized spacial score (nSPS) is 13.0. The number of aliphatic hydroxyl groups excluding tert-OH is 1. The maximum Gasteiger partial charge on any atom is 0.573 e. The van der Waals surface area contributed by atoms with Crippen LogP contribution >= 0.6 is 0 Å². The lowest BCUT2D eigenvalue weighted by Crippen LogP contribution is -2.17. The maximum absolute atomic E-state index is 12.2. The third kappa shape index (κ3) is 3.98. The van der Waals surface area contributed by atoms with Gasteiger partial charge in [0.15, 0.2) is 0 Å². The molecule has 2 aromatic carbocycles. The molecule has 1 unspecified atom stereocenters. The summed E-state index contributed by atoms with van der Waals surface area (Å²) in [5.41, 5.74) is 2.86. The fraction of sp³-hybridized carbons (Fsp3) is 0.250. The van der Waals surface area contributed by atoms with Gasteiger partial charge in [0.2, 0.25) is 0 Å². The molecule has 0 fully saturated rings. The first-order valence-corrected chi connectivity index (χ1v) is 6.37. The molecule has 0 aromatic heterocycles. The zero-order chi connectivity index (χ0) is 15.6. The average Bonchev–Trinajstić information content (AvgIpc) is 2.39. The summed E-state index contributed by atoms with van der Waals surface area (Å²) in [5.74, 6) is -0.343. The maximum atomic E-state index is 12.2. The summed E-state index contributed by atoms with van der Waals surface area (Å²) in [6.07, 6.45) is -5.75. The first kappa shape index (κ1) is 15.4. The number of alkyl halides is 3. The molecule has 0 aliphatic rings. The molecule has 0 bridgehead atoms. The standard InChI is InChI=1S/C16H15F3O2/c1-10-6-7-11(2)14(8-10)15(20)12-4-3-5-13(9-12)21-16(17,18)19/h3-9,15,20H,1-2H3. The number of benzene rings is 2. The van der Waals surface area contributed by atoms with Crippen molar-refractivity contribution in [1.29, 1.82) is 0 Å². The zero-order valence-corrected chi connectivity index (χ0v) is 11.6. The highest BCUT2D eigenvalue weighted by Crippen LogP contribution is 2.30. The van der Waals surface area contributed by atoms with E-state index in [1.54, 1.807) is 6.07 Å². The Morgan fingerprint density at radius 2 is 1.76 bits per heavy atom. The van der Waals surface area contributed by atoms with Crippen LogP contribution in [0.3, 0.4) is 0 Å². The summed E-state index contributed by atoms with van der Waals surface area (Å²) >= 11 is 0. The first-order valence-electron chi connectivity index (χ1n) is 6.37. The second kappa shape index (κ2) is 5.77. The van der Waals surface area contributed by atoms with Crippen molar-refractivity contribution in [2.75, 3.05) is 0 Å². The van der Waals surface area contributed by atoms with E-state index in [0.29, 0.717) is 11.1 Å². The number of aliphatic hydroxyl groups is 1. The molecule has 2 rings (SSSR count). The molecule has 0 radical (unpaired) electrons. The van der Waals surface area contributed by atoms with E-state index >= 15 is 0 Å². The van der Waals surface area contributed by atoms with Crippen LogP contribution in [0.1, 0.15) is 28.4 Å². The van der Waals surface area contributed by atoms with E-state index in [9.17, 15) is 18.3 Å². The Kier molecular flexibility index (Phi) is 4.23. The van der Waals surface area contributed by atoms with E-state index in [2.05, 4.69) is 4.74 Å². The third-order valence-electron chi connectivity index (χ3n) is 3.14. The summed E-state index contributed by atoms with van der Waals surface area (Å²) in [4.78, 5) is 0. The van der Waals surface area contributed by atoms with Crippen LogP contribution in [0, 0.1) is 13.8 Å². The van der Waals surface area contributed by atoms with Crippen LogP contribution in [-0.2, 0) is 0 Å². The molecule has 1 N–H and O–H groups in total. The van der Waals surface area contributed by atoms with Gasteiger partial charge in [-0.25, -0.2) is 0 Å². The van der Waals surface area contributed by atoms with E-state index in [1.165, 1.54) is 18.2 Å². The molecule has 112 valence electrons. The molecule has 1 atom stereocenters. The lowest BCUT2D eigenvalue weighted by molar-refractivity contribution is -0.274. The van der Waals surface area contributed by atoms with Crippen LogP contribution < -0.4 is 4.74 Å². The minimum atomic E-state index is -4.75. The molecular weight excluding hydrogens is 281 g/mol. The van der Waals surface area contributed by atoms with Gasteiger partial charge in [-0.15, -0.1) is 13.2 Å². The molecule has 0 heterocycles. The molecule has 2 nitrogen and oxygen atoms in total. The third-order valence-corrected chi connectivity index (χ3v) is 3.14. The lowest BCUT2D eigenvalue weighted by atomic mass is 9.96. The van der Waals surface area contributed by atoms with Crippen LogP contribution in [0.25, 0.3) is 0 Å². The molecular formula is C16H15F3O2. The molecule has 0 aliphatic carbocycles. The van der Waals surface area contributed by atoms with Crippen molar-refractivity contribution in [2.24, 2.45) is 0 Å². The van der Waals surface area contributed by atoms with Crippen molar-refractivity contribution in [3.8, 4) is 5.75 Å². The van der Waals surface area contributed by atoms with E-state index in [0.717, 1.165) is 11.1 Å². The lowest BCUT2D eigenvalue weighted by Gasteiger charge is -2.16. The SMILES string of the molecule is Cc1ccc(C)c(C(O)c2cccc(OC(F)(F)F)c2)c1. The predicted octanol–water partition coefficient (Wildman–Crippen LogP) is 4.28. The highest BCUT2D eigenvalue weighted by molar-refractivity contribution is 5.40. The fourth-order valence-corrected chi connectivity index (χ4v) is 2.12. The number of rotatable bonds is 3. The molecule has 5 heteroatoms. The van der Waals surface area contributed by atoms with Gasteiger partial charge in [0.05, 0.1) is 0 Å². The summed E-state index contributed by atoms with van der Waals surface area (Å²) < 4.78 is 40.6. The molecule has 0 aliphatic heterocycles. The highest BCUT2D eigenvalue weighted by Gasteiger charge is 2.31. The van der Waals surface area contributed by atoms with Crippen molar-refractivity contribution in [3.63, 3.8) is 0 Å². The minimum absolute atomic E-state index is 0.343. The van der Waals surface area contributed by atoms with Crippen LogP contribution in [0.4, 0.5) is 13.2 Å². The summed E-state index contributed by atoms with van der Waals surface area (Å²) in [6, 6.07) is 11.0. The Morgan fingerprint density at radius 3 is 2.43 bits per heavy atom. The Balaban J connectivity index is 2.33. The zero-order valence-electron chi connectivity index (χ0n) is 11.6. The number of halogens is 3. The van der Waals surface area contributed by atoms with Gasteiger partial charge in [0.1, 0.15) is 11.9 Å². The van der Waals surface area contributed by atoms with Gasteiger partial charge in [0.25, 0.3) is 0 Å². The average molecular weight is 296 g/mol. The van der Waals surface area contributed by atoms with Gasteiger partial charge in [-0.05, 0) is 42.7 Å². The quantitative estimate of drug-likeness (QED) is 0.916. The second-order valence-corrected chi connectivity index (χ2v) is 4.88. The molecule has 0 saturated carbocycles. The van der Waals surface area contributed by atoms with Crippen molar-refractivity contribution in [1.82, 2.24) is 0 Å². The Hall–Kier alpha value is -2.01. The summed E-state index contributed by atoms with van der Waals surface area (Å²) in [7, 11) is 0. The Bertz CT molecular complexity index is 636. The van der Waals surface area contributed by atoms with Gasteiger partial charge in [-0.2, -0.15) is 0 Å². The smallest absolute Gasteiger partial charge is 0.406 e. The van der Waals surface area contributed by atoms with Crippen molar-refractivity contribution >= 4 is 0 Å². The van der Waals surface area contributed by atoms with E-state index in [-0.39, 0.29) is 5.75 Å². The van der Waals surface area contributed by atoms with Crippen LogP contribution in [0.2, 0.25) is 0 Å². The van der Waals surface area contributed by atoms with E-state index < -0.39 is 12.5 Å². The number of ether oxygens (including phenoxy) is 1. The molecule has 0 spiro atoms. The summed E-state index contributed by atoms with van der Waals surface area (Å²) in [5, 5.41) is 10.4. The van der Waals surface area contributed by atoms with Crippen LogP contribution in [0.5, 0.6) is 5.75 Å². The number of aryl methyl sites for hydroxylation is 2. The molecule has 21 heavy (non-hydrogen) atoms. The molecule has 2 aromatic rings. The first-order chi connectivity index (χ1) is 9.76. The minimum Gasteiger partial charge on any atom is -0.406 e. The van der Waals surface area contributed by atoms with Gasteiger partial charge in [-0.3, -0.25) is 0 Å². The van der Waals surface area contributed by atoms with Crippen LogP contribution in [-0.4, -0.2) is 11.5 Å². The topological polar surface area (TPSA) is 29.5 Å². The van der Waals surface area contributed by atoms with Crippen molar-refractivity contribution in [2.45, 2.75) is 26.3 Å². The molecule has 0 amide bonds. The second-order valence-electron chi connectivity index (χ2n) is 4.88. The largest absolute Gasteiger partial charge is 0.573 e. The number of hydrogen-bond acceptors (Lipinski definition) is 2. The molecule has 0 saturated heterocycles. The van der Waals surface area contributed by atoms with Crippen LogP contribution in [0.15, 0.2) is 42.5 Å².